The van der Waals surface area contributed by atoms with Crippen LogP contribution in [0.3, 0.4) is 0 Å². The predicted octanol–water partition coefficient (Wildman–Crippen LogP) is 3.50. The molecule has 3 aromatic carbocycles. The number of hydrogen-bond acceptors (Lipinski definition) is 5. The van der Waals surface area contributed by atoms with Crippen molar-refractivity contribution < 1.29 is 23.5 Å². The molecule has 0 spiro atoms. The van der Waals surface area contributed by atoms with Crippen molar-refractivity contribution in [2.75, 3.05) is 12.4 Å². The highest BCUT2D eigenvalue weighted by Gasteiger charge is 2.13. The largest absolute Gasteiger partial charge is 0.497 e. The second kappa shape index (κ2) is 10.5. The van der Waals surface area contributed by atoms with Crippen molar-refractivity contribution in [2.45, 2.75) is 6.61 Å². The van der Waals surface area contributed by atoms with Gasteiger partial charge in [0, 0.05) is 11.3 Å². The first kappa shape index (κ1) is 21.5. The van der Waals surface area contributed by atoms with Gasteiger partial charge in [-0.05, 0) is 54.1 Å². The van der Waals surface area contributed by atoms with Crippen molar-refractivity contribution in [3.63, 3.8) is 0 Å². The number of nitrogens with one attached hydrogen (secondary N) is 2. The van der Waals surface area contributed by atoms with Gasteiger partial charge >= 0.3 is 11.8 Å². The van der Waals surface area contributed by atoms with Crippen LogP contribution < -0.4 is 20.2 Å². The number of nitrogens with zero attached hydrogens (tertiary/aromatic N) is 1. The molecule has 0 radical (unpaired) electrons. The Labute approximate surface area is 178 Å². The zero-order chi connectivity index (χ0) is 22.1. The average Bonchev–Trinajstić information content (AvgIpc) is 2.80. The Hall–Kier alpha value is -4.20. The van der Waals surface area contributed by atoms with E-state index in [1.54, 1.807) is 25.3 Å². The third kappa shape index (κ3) is 6.40. The number of anilines is 1. The highest BCUT2D eigenvalue weighted by atomic mass is 19.1. The maximum absolute atomic E-state index is 12.9. The quantitative estimate of drug-likeness (QED) is 0.347. The summed E-state index contributed by atoms with van der Waals surface area (Å²) in [6, 6.07) is 19.7. The highest BCUT2D eigenvalue weighted by Crippen LogP contribution is 2.19. The zero-order valence-electron chi connectivity index (χ0n) is 16.7. The van der Waals surface area contributed by atoms with Gasteiger partial charge < -0.3 is 14.8 Å². The number of methoxy groups -OCH3 is 1. The van der Waals surface area contributed by atoms with Crippen LogP contribution in [0, 0.1) is 5.82 Å². The first-order valence-electron chi connectivity index (χ1n) is 9.30. The zero-order valence-corrected chi connectivity index (χ0v) is 16.7. The fourth-order valence-corrected chi connectivity index (χ4v) is 2.57. The molecule has 0 aliphatic rings. The van der Waals surface area contributed by atoms with E-state index in [0.29, 0.717) is 23.6 Å². The molecule has 0 heterocycles. The van der Waals surface area contributed by atoms with Gasteiger partial charge in [-0.3, -0.25) is 9.59 Å². The third-order valence-electron chi connectivity index (χ3n) is 4.13. The SMILES string of the molecule is COc1cccc(COc2ccccc2/C=N\NC(=O)C(=O)Nc2ccc(F)cc2)c1. The number of hydrogen-bond donors (Lipinski definition) is 2. The molecule has 8 heteroatoms. The molecule has 0 saturated carbocycles. The van der Waals surface area contributed by atoms with E-state index in [1.807, 2.05) is 30.3 Å². The number of carbonyl (C=O) groups is 2. The van der Waals surface area contributed by atoms with Crippen LogP contribution in [0.15, 0.2) is 77.9 Å². The normalized spacial score (nSPS) is 10.5. The first-order chi connectivity index (χ1) is 15.0. The van der Waals surface area contributed by atoms with Gasteiger partial charge in [0.2, 0.25) is 0 Å². The lowest BCUT2D eigenvalue weighted by Crippen LogP contribution is -2.32. The first-order valence-corrected chi connectivity index (χ1v) is 9.30. The van der Waals surface area contributed by atoms with Gasteiger partial charge in [-0.15, -0.1) is 0 Å². The Balaban J connectivity index is 1.57. The molecule has 0 atom stereocenters. The standard InChI is InChI=1S/C23H20FN3O4/c1-30-20-7-4-5-16(13-20)15-31-21-8-3-2-6-17(21)14-25-27-23(29)22(28)26-19-11-9-18(24)10-12-19/h2-14H,15H2,1H3,(H,26,28)(H,27,29)/b25-14-. The van der Waals surface area contributed by atoms with E-state index < -0.39 is 17.6 Å². The highest BCUT2D eigenvalue weighted by molar-refractivity contribution is 6.39. The van der Waals surface area contributed by atoms with E-state index >= 15 is 0 Å². The van der Waals surface area contributed by atoms with Gasteiger partial charge in [0.25, 0.3) is 0 Å². The van der Waals surface area contributed by atoms with Gasteiger partial charge in [0.1, 0.15) is 23.9 Å². The Kier molecular flexibility index (Phi) is 7.31. The van der Waals surface area contributed by atoms with Crippen molar-refractivity contribution in [2.24, 2.45) is 5.10 Å². The maximum atomic E-state index is 12.9. The van der Waals surface area contributed by atoms with Crippen LogP contribution in [0.4, 0.5) is 10.1 Å². The van der Waals surface area contributed by atoms with Crippen molar-refractivity contribution in [1.82, 2.24) is 5.43 Å². The molecule has 2 amide bonds. The molecule has 0 saturated heterocycles. The maximum Gasteiger partial charge on any atom is 0.329 e. The predicted molar refractivity (Wildman–Crippen MR) is 115 cm³/mol. The van der Waals surface area contributed by atoms with E-state index in [4.69, 9.17) is 9.47 Å². The molecule has 31 heavy (non-hydrogen) atoms. The summed E-state index contributed by atoms with van der Waals surface area (Å²) in [7, 11) is 1.60. The number of rotatable bonds is 7. The second-order valence-electron chi connectivity index (χ2n) is 6.34. The monoisotopic (exact) mass is 421 g/mol. The second-order valence-corrected chi connectivity index (χ2v) is 6.34. The summed E-state index contributed by atoms with van der Waals surface area (Å²) in [6.45, 7) is 0.314. The summed E-state index contributed by atoms with van der Waals surface area (Å²) >= 11 is 0. The molecule has 0 unspecified atom stereocenters. The summed E-state index contributed by atoms with van der Waals surface area (Å²) in [4.78, 5) is 23.8. The lowest BCUT2D eigenvalue weighted by atomic mass is 10.2. The Morgan fingerprint density at radius 3 is 2.55 bits per heavy atom. The molecule has 3 aromatic rings. The Morgan fingerprint density at radius 2 is 1.77 bits per heavy atom. The van der Waals surface area contributed by atoms with Gasteiger partial charge in [-0.2, -0.15) is 5.10 Å². The Bertz CT molecular complexity index is 1080. The Morgan fingerprint density at radius 1 is 1.00 bits per heavy atom. The van der Waals surface area contributed by atoms with E-state index in [2.05, 4.69) is 15.8 Å². The van der Waals surface area contributed by atoms with Crippen molar-refractivity contribution >= 4 is 23.7 Å². The molecular formula is C23H20FN3O4. The molecule has 2 N–H and O–H groups in total. The van der Waals surface area contributed by atoms with Crippen molar-refractivity contribution in [3.05, 3.63) is 89.7 Å². The van der Waals surface area contributed by atoms with Gasteiger partial charge in [0.05, 0.1) is 13.3 Å². The number of hydrazone groups is 1. The molecule has 3 rings (SSSR count). The fraction of sp³-hybridized carbons (Fsp3) is 0.0870. The molecule has 7 nitrogen and oxygen atoms in total. The summed E-state index contributed by atoms with van der Waals surface area (Å²) in [5.41, 5.74) is 3.99. The average molecular weight is 421 g/mol. The van der Waals surface area contributed by atoms with Gasteiger partial charge in [-0.1, -0.05) is 24.3 Å². The third-order valence-corrected chi connectivity index (χ3v) is 4.13. The number of halogens is 1. The molecule has 0 aromatic heterocycles. The van der Waals surface area contributed by atoms with Crippen LogP contribution in [0.2, 0.25) is 0 Å². The van der Waals surface area contributed by atoms with Crippen LogP contribution >= 0.6 is 0 Å². The number of ether oxygens (including phenoxy) is 2. The van der Waals surface area contributed by atoms with E-state index in [9.17, 15) is 14.0 Å². The minimum atomic E-state index is -0.963. The summed E-state index contributed by atoms with van der Waals surface area (Å²) in [5, 5.41) is 6.17. The summed E-state index contributed by atoms with van der Waals surface area (Å²) in [5.74, 6) is -1.04. The summed E-state index contributed by atoms with van der Waals surface area (Å²) < 4.78 is 24.0. The van der Waals surface area contributed by atoms with Crippen molar-refractivity contribution in [1.29, 1.82) is 0 Å². The smallest absolute Gasteiger partial charge is 0.329 e. The van der Waals surface area contributed by atoms with Gasteiger partial charge in [0.15, 0.2) is 0 Å². The van der Waals surface area contributed by atoms with E-state index in [-0.39, 0.29) is 0 Å². The van der Waals surface area contributed by atoms with Crippen LogP contribution in [0.1, 0.15) is 11.1 Å². The van der Waals surface area contributed by atoms with Gasteiger partial charge in [-0.25, -0.2) is 9.82 Å². The number of para-hydroxylation sites is 1. The van der Waals surface area contributed by atoms with Crippen LogP contribution in [0.25, 0.3) is 0 Å². The number of amides is 2. The topological polar surface area (TPSA) is 89.0 Å². The molecule has 0 aliphatic heterocycles. The van der Waals surface area contributed by atoms with Crippen molar-refractivity contribution in [3.8, 4) is 11.5 Å². The molecule has 0 aliphatic carbocycles. The lowest BCUT2D eigenvalue weighted by molar-refractivity contribution is -0.136. The van der Waals surface area contributed by atoms with Crippen LogP contribution in [-0.4, -0.2) is 25.1 Å². The molecule has 158 valence electrons. The molecular weight excluding hydrogens is 401 g/mol. The van der Waals surface area contributed by atoms with Crippen LogP contribution in [0.5, 0.6) is 11.5 Å². The number of carbonyl (C=O) groups excluding carboxylic acids is 2. The van der Waals surface area contributed by atoms with E-state index in [0.717, 1.165) is 11.3 Å². The summed E-state index contributed by atoms with van der Waals surface area (Å²) in [6.07, 6.45) is 1.38. The van der Waals surface area contributed by atoms with E-state index in [1.165, 1.54) is 30.5 Å². The minimum absolute atomic E-state index is 0.293. The lowest BCUT2D eigenvalue weighted by Gasteiger charge is -2.10. The van der Waals surface area contributed by atoms with Crippen LogP contribution in [-0.2, 0) is 16.2 Å². The molecule has 0 bridgehead atoms. The minimum Gasteiger partial charge on any atom is -0.497 e. The fourth-order valence-electron chi connectivity index (χ4n) is 2.57. The molecule has 0 fully saturated rings. The number of benzene rings is 3.